The first-order valence-corrected chi connectivity index (χ1v) is 14.3. The highest BCUT2D eigenvalue weighted by Crippen LogP contribution is 2.39. The van der Waals surface area contributed by atoms with Crippen LogP contribution in [0.25, 0.3) is 39.2 Å². The van der Waals surface area contributed by atoms with E-state index in [1.807, 2.05) is 39.9 Å². The summed E-state index contributed by atoms with van der Waals surface area (Å²) in [5, 5.41) is 16.4. The van der Waals surface area contributed by atoms with Gasteiger partial charge in [-0.3, -0.25) is 4.79 Å². The lowest BCUT2D eigenvalue weighted by molar-refractivity contribution is 0.0708. The first-order chi connectivity index (χ1) is 19.4. The molecule has 1 aliphatic heterocycles. The fourth-order valence-electron chi connectivity index (χ4n) is 5.85. The molecule has 1 aromatic carbocycles. The van der Waals surface area contributed by atoms with Gasteiger partial charge in [0.05, 0.1) is 27.5 Å². The third kappa shape index (κ3) is 4.32. The van der Waals surface area contributed by atoms with Gasteiger partial charge in [-0.25, -0.2) is 9.50 Å². The fourth-order valence-corrected chi connectivity index (χ4v) is 6.08. The number of aryl methyl sites for hydroxylation is 1. The van der Waals surface area contributed by atoms with Gasteiger partial charge in [-0.05, 0) is 74.9 Å². The van der Waals surface area contributed by atoms with E-state index >= 15 is 0 Å². The van der Waals surface area contributed by atoms with Crippen molar-refractivity contribution in [3.05, 3.63) is 70.9 Å². The average molecular weight is 555 g/mol. The summed E-state index contributed by atoms with van der Waals surface area (Å²) in [6.07, 6.45) is 6.12. The molecule has 3 N–H and O–H groups in total. The van der Waals surface area contributed by atoms with E-state index in [0.717, 1.165) is 59.4 Å². The second-order valence-corrected chi connectivity index (χ2v) is 11.6. The molecule has 0 spiro atoms. The van der Waals surface area contributed by atoms with Crippen LogP contribution in [0.2, 0.25) is 5.02 Å². The van der Waals surface area contributed by atoms with Crippen LogP contribution in [0, 0.1) is 12.8 Å². The zero-order valence-electron chi connectivity index (χ0n) is 22.3. The number of nitrogens with two attached hydrogens (primary N) is 1. The number of halogens is 1. The van der Waals surface area contributed by atoms with Crippen LogP contribution < -0.4 is 5.73 Å². The van der Waals surface area contributed by atoms with Gasteiger partial charge in [0.25, 0.3) is 5.91 Å². The maximum Gasteiger partial charge on any atom is 0.255 e. The maximum atomic E-state index is 13.2. The summed E-state index contributed by atoms with van der Waals surface area (Å²) in [7, 11) is 0. The summed E-state index contributed by atoms with van der Waals surface area (Å²) < 4.78 is 4.09. The molecule has 7 rings (SSSR count). The van der Waals surface area contributed by atoms with Crippen LogP contribution in [-0.2, 0) is 6.54 Å². The normalized spacial score (nSPS) is 17.7. The van der Waals surface area contributed by atoms with E-state index in [1.165, 1.54) is 12.8 Å². The maximum absolute atomic E-state index is 13.2. The lowest BCUT2D eigenvalue weighted by Gasteiger charge is -2.30. The number of pyridine rings is 2. The van der Waals surface area contributed by atoms with Gasteiger partial charge in [-0.2, -0.15) is 5.10 Å². The van der Waals surface area contributed by atoms with Crippen molar-refractivity contribution in [1.82, 2.24) is 24.1 Å². The highest BCUT2D eigenvalue weighted by Gasteiger charge is 2.27. The van der Waals surface area contributed by atoms with Gasteiger partial charge in [0.1, 0.15) is 17.1 Å². The molecule has 2 aliphatic rings. The van der Waals surface area contributed by atoms with Gasteiger partial charge in [0, 0.05) is 48.4 Å². The lowest BCUT2D eigenvalue weighted by Crippen LogP contribution is -2.45. The molecule has 40 heavy (non-hydrogen) atoms. The first-order valence-electron chi connectivity index (χ1n) is 13.9. The molecule has 8 nitrogen and oxygen atoms in total. The van der Waals surface area contributed by atoms with Crippen LogP contribution in [0.1, 0.15) is 41.6 Å². The Kier molecular flexibility index (Phi) is 6.05. The van der Waals surface area contributed by atoms with Crippen LogP contribution in [0.3, 0.4) is 0 Å². The minimum absolute atomic E-state index is 0.00283. The number of piperidine rings is 1. The minimum Gasteiger partial charge on any atom is -0.506 e. The Labute approximate surface area is 237 Å². The number of aromatic hydroxyl groups is 1. The molecule has 5 heterocycles. The molecule has 1 saturated heterocycles. The number of fused-ring (bicyclic) bond motifs is 2. The Balaban J connectivity index is 1.32. The van der Waals surface area contributed by atoms with Gasteiger partial charge in [-0.15, -0.1) is 0 Å². The van der Waals surface area contributed by atoms with Crippen molar-refractivity contribution in [3.63, 3.8) is 0 Å². The molecule has 2 fully saturated rings. The number of carbonyl (C=O) groups excluding carboxylic acids is 1. The first kappa shape index (κ1) is 25.1. The highest BCUT2D eigenvalue weighted by molar-refractivity contribution is 6.34. The SMILES string of the molecule is Cc1c(-c2cc3ccc(-c4cccc(O)c4Cl)nc3n2CC2CC2)nn2cc(C(=O)N3CCC[C@@H](N)C3)ccc12. The van der Waals surface area contributed by atoms with Crippen molar-refractivity contribution >= 4 is 34.1 Å². The monoisotopic (exact) mass is 554 g/mol. The summed E-state index contributed by atoms with van der Waals surface area (Å²) in [6.45, 7) is 4.25. The molecule has 0 bridgehead atoms. The van der Waals surface area contributed by atoms with Crippen molar-refractivity contribution in [3.8, 4) is 28.4 Å². The van der Waals surface area contributed by atoms with Crippen molar-refractivity contribution in [2.45, 2.75) is 45.2 Å². The number of hydrogen-bond donors (Lipinski definition) is 2. The van der Waals surface area contributed by atoms with E-state index in [-0.39, 0.29) is 17.7 Å². The number of rotatable bonds is 5. The number of aromatic nitrogens is 4. The Morgan fingerprint density at radius 1 is 1.15 bits per heavy atom. The molecule has 204 valence electrons. The number of likely N-dealkylation sites (tertiary alicyclic amines) is 1. The molecule has 1 amide bonds. The number of benzene rings is 1. The molecule has 1 atom stereocenters. The number of hydrogen-bond acceptors (Lipinski definition) is 5. The Morgan fingerprint density at radius 2 is 2.00 bits per heavy atom. The zero-order valence-corrected chi connectivity index (χ0v) is 23.1. The molecule has 0 radical (unpaired) electrons. The topological polar surface area (TPSA) is 102 Å². The second kappa shape index (κ2) is 9.64. The summed E-state index contributed by atoms with van der Waals surface area (Å²) in [4.78, 5) is 20.1. The molecule has 9 heteroatoms. The Hall–Kier alpha value is -3.88. The summed E-state index contributed by atoms with van der Waals surface area (Å²) >= 11 is 6.43. The van der Waals surface area contributed by atoms with Gasteiger partial charge in [0.15, 0.2) is 0 Å². The largest absolute Gasteiger partial charge is 0.506 e. The van der Waals surface area contributed by atoms with Crippen molar-refractivity contribution in [2.75, 3.05) is 13.1 Å². The zero-order chi connectivity index (χ0) is 27.5. The summed E-state index contributed by atoms with van der Waals surface area (Å²) in [5.74, 6) is 0.648. The third-order valence-corrected chi connectivity index (χ3v) is 8.64. The predicted octanol–water partition coefficient (Wildman–Crippen LogP) is 5.66. The molecular weight excluding hydrogens is 524 g/mol. The number of nitrogens with zero attached hydrogens (tertiary/aromatic N) is 5. The van der Waals surface area contributed by atoms with E-state index in [4.69, 9.17) is 27.4 Å². The van der Waals surface area contributed by atoms with Crippen LogP contribution in [0.5, 0.6) is 5.75 Å². The summed E-state index contributed by atoms with van der Waals surface area (Å²) in [5.41, 5.74) is 12.9. The lowest BCUT2D eigenvalue weighted by atomic mass is 10.1. The van der Waals surface area contributed by atoms with Crippen molar-refractivity contribution in [2.24, 2.45) is 11.7 Å². The predicted molar refractivity (Wildman–Crippen MR) is 157 cm³/mol. The van der Waals surface area contributed by atoms with Crippen molar-refractivity contribution < 1.29 is 9.90 Å². The number of amides is 1. The smallest absolute Gasteiger partial charge is 0.255 e. The summed E-state index contributed by atoms with van der Waals surface area (Å²) in [6, 6.07) is 15.3. The van der Waals surface area contributed by atoms with Crippen LogP contribution in [-0.4, -0.2) is 54.2 Å². The number of phenolic OH excluding ortho intramolecular Hbond substituents is 1. The molecule has 0 unspecified atom stereocenters. The molecule has 1 aliphatic carbocycles. The van der Waals surface area contributed by atoms with E-state index in [2.05, 4.69) is 23.6 Å². The van der Waals surface area contributed by atoms with Gasteiger partial charge < -0.3 is 20.3 Å². The average Bonchev–Trinajstić information content (AvgIpc) is 3.63. The molecule has 5 aromatic rings. The second-order valence-electron chi connectivity index (χ2n) is 11.2. The van der Waals surface area contributed by atoms with Gasteiger partial charge in [-0.1, -0.05) is 23.7 Å². The van der Waals surface area contributed by atoms with E-state index in [1.54, 1.807) is 12.1 Å². The van der Waals surface area contributed by atoms with Crippen LogP contribution >= 0.6 is 11.6 Å². The quantitative estimate of drug-likeness (QED) is 0.292. The highest BCUT2D eigenvalue weighted by atomic mass is 35.5. The Bertz CT molecular complexity index is 1790. The molecule has 4 aromatic heterocycles. The van der Waals surface area contributed by atoms with E-state index in [9.17, 15) is 9.90 Å². The van der Waals surface area contributed by atoms with E-state index < -0.39 is 0 Å². The van der Waals surface area contributed by atoms with Gasteiger partial charge >= 0.3 is 0 Å². The van der Waals surface area contributed by atoms with E-state index in [0.29, 0.717) is 34.3 Å². The van der Waals surface area contributed by atoms with Crippen LogP contribution in [0.4, 0.5) is 0 Å². The minimum atomic E-state index is -0.00283. The third-order valence-electron chi connectivity index (χ3n) is 8.25. The molecule has 1 saturated carbocycles. The standard InChI is InChI=1S/C31H31ClN6O2/c1-18-25-12-10-21(31(40)36-13-3-4-22(33)17-36)16-38(25)35-29(18)26-14-20-9-11-24(23-5-2-6-27(39)28(23)32)34-30(20)37(26)15-19-7-8-19/h2,5-6,9-12,14,16,19,22,39H,3-4,7-8,13,15,17,33H2,1H3/t22-/m1/s1. The van der Waals surface area contributed by atoms with Crippen LogP contribution in [0.15, 0.2) is 54.7 Å². The Morgan fingerprint density at radius 3 is 2.80 bits per heavy atom. The number of phenols is 1. The van der Waals surface area contributed by atoms with Crippen molar-refractivity contribution in [1.29, 1.82) is 0 Å². The fraction of sp³-hybridized carbons (Fsp3) is 0.323. The molecular formula is C31H31ClN6O2. The van der Waals surface area contributed by atoms with Gasteiger partial charge in [0.2, 0.25) is 0 Å². The number of carbonyl (C=O) groups is 1.